The molecule has 0 aromatic carbocycles. The number of fused-ring (bicyclic) bond motifs is 1. The van der Waals surface area contributed by atoms with Crippen molar-refractivity contribution in [1.29, 1.82) is 0 Å². The minimum atomic E-state index is -1.22. The molecular weight excluding hydrogens is 308 g/mol. The van der Waals surface area contributed by atoms with E-state index in [1.54, 1.807) is 6.08 Å². The molecule has 0 unspecified atom stereocenters. The van der Waals surface area contributed by atoms with Gasteiger partial charge in [0.15, 0.2) is 0 Å². The summed E-state index contributed by atoms with van der Waals surface area (Å²) in [6.45, 7) is 3.86. The second-order valence-corrected chi connectivity index (χ2v) is 7.03. The van der Waals surface area contributed by atoms with Gasteiger partial charge in [-0.2, -0.15) is 0 Å². The van der Waals surface area contributed by atoms with E-state index in [2.05, 4.69) is 13.8 Å². The lowest BCUT2D eigenvalue weighted by atomic mass is 9.60. The van der Waals surface area contributed by atoms with Crippen molar-refractivity contribution in [2.45, 2.75) is 38.7 Å². The van der Waals surface area contributed by atoms with Gasteiger partial charge in [0.25, 0.3) is 0 Å². The number of carbonyl (C=O) groups excluding carboxylic acids is 1. The van der Waals surface area contributed by atoms with Gasteiger partial charge in [-0.15, -0.1) is 11.6 Å². The van der Waals surface area contributed by atoms with E-state index in [0.717, 1.165) is 6.42 Å². The standard InChI is InChI=1S/C16H23ClO5/c1-9(2)11-3-4-16(21,5-6-17)13-12(11)7-10(14(18)19)8-22-15(13)20/h7,9,11-13,21H,3-6,8H2,1-2H3,(H,18,19)/t11-,12-,13-,16-/m1/s1. The molecule has 124 valence electrons. The molecule has 0 radical (unpaired) electrons. The summed E-state index contributed by atoms with van der Waals surface area (Å²) in [5, 5.41) is 20.2. The van der Waals surface area contributed by atoms with Crippen LogP contribution in [-0.2, 0) is 14.3 Å². The molecular formula is C16H23ClO5. The first kappa shape index (κ1) is 17.3. The first-order chi connectivity index (χ1) is 10.3. The summed E-state index contributed by atoms with van der Waals surface area (Å²) in [4.78, 5) is 23.7. The molecule has 0 amide bonds. The fraction of sp³-hybridized carbons (Fsp3) is 0.750. The molecule has 4 atom stereocenters. The van der Waals surface area contributed by atoms with Gasteiger partial charge in [0, 0.05) is 5.88 Å². The lowest BCUT2D eigenvalue weighted by molar-refractivity contribution is -0.168. The van der Waals surface area contributed by atoms with Crippen LogP contribution in [0.4, 0.5) is 0 Å². The molecule has 1 heterocycles. The third-order valence-corrected chi connectivity index (χ3v) is 5.23. The molecule has 1 fully saturated rings. The topological polar surface area (TPSA) is 83.8 Å². The zero-order valence-electron chi connectivity index (χ0n) is 12.9. The van der Waals surface area contributed by atoms with Gasteiger partial charge < -0.3 is 14.9 Å². The Hall–Kier alpha value is -1.07. The number of ether oxygens (including phenoxy) is 1. The number of halogens is 1. The van der Waals surface area contributed by atoms with E-state index in [9.17, 15) is 19.8 Å². The third-order valence-electron chi connectivity index (χ3n) is 5.04. The van der Waals surface area contributed by atoms with Gasteiger partial charge in [0.05, 0.1) is 17.1 Å². The maximum absolute atomic E-state index is 12.4. The molecule has 5 nitrogen and oxygen atoms in total. The van der Waals surface area contributed by atoms with Crippen LogP contribution in [0.15, 0.2) is 11.6 Å². The van der Waals surface area contributed by atoms with Crippen molar-refractivity contribution in [3.63, 3.8) is 0 Å². The van der Waals surface area contributed by atoms with Gasteiger partial charge in [-0.05, 0) is 37.0 Å². The van der Waals surface area contributed by atoms with E-state index >= 15 is 0 Å². The molecule has 2 N–H and O–H groups in total. The summed E-state index contributed by atoms with van der Waals surface area (Å²) < 4.78 is 5.12. The van der Waals surface area contributed by atoms with E-state index < -0.39 is 23.5 Å². The van der Waals surface area contributed by atoms with Crippen LogP contribution in [0.5, 0.6) is 0 Å². The predicted molar refractivity (Wildman–Crippen MR) is 81.5 cm³/mol. The summed E-state index contributed by atoms with van der Waals surface area (Å²) in [6.07, 6.45) is 3.14. The largest absolute Gasteiger partial charge is 0.478 e. The number of aliphatic carboxylic acids is 1. The fourth-order valence-electron chi connectivity index (χ4n) is 3.84. The quantitative estimate of drug-likeness (QED) is 0.610. The Labute approximate surface area is 135 Å². The van der Waals surface area contributed by atoms with Crippen LogP contribution >= 0.6 is 11.6 Å². The minimum Gasteiger partial charge on any atom is -0.478 e. The molecule has 22 heavy (non-hydrogen) atoms. The van der Waals surface area contributed by atoms with E-state index in [0.29, 0.717) is 12.8 Å². The highest BCUT2D eigenvalue weighted by atomic mass is 35.5. The first-order valence-electron chi connectivity index (χ1n) is 7.69. The number of rotatable bonds is 4. The summed E-state index contributed by atoms with van der Waals surface area (Å²) in [7, 11) is 0. The number of alkyl halides is 1. The average molecular weight is 331 g/mol. The van der Waals surface area contributed by atoms with Crippen LogP contribution in [-0.4, -0.2) is 40.2 Å². The lowest BCUT2D eigenvalue weighted by Crippen LogP contribution is -2.52. The number of cyclic esters (lactones) is 1. The molecule has 0 spiro atoms. The molecule has 0 aromatic rings. The van der Waals surface area contributed by atoms with Crippen LogP contribution in [0, 0.1) is 23.7 Å². The maximum atomic E-state index is 12.4. The Balaban J connectivity index is 2.47. The second-order valence-electron chi connectivity index (χ2n) is 6.65. The fourth-order valence-corrected chi connectivity index (χ4v) is 4.17. The first-order valence-corrected chi connectivity index (χ1v) is 8.22. The second kappa shape index (κ2) is 6.59. The molecule has 2 rings (SSSR count). The predicted octanol–water partition coefficient (Wildman–Crippen LogP) is 2.21. The maximum Gasteiger partial charge on any atom is 0.334 e. The van der Waals surface area contributed by atoms with Crippen molar-refractivity contribution in [2.24, 2.45) is 23.7 Å². The number of carbonyl (C=O) groups is 2. The normalized spacial score (nSPS) is 35.4. The molecule has 1 aliphatic heterocycles. The van der Waals surface area contributed by atoms with Gasteiger partial charge in [0.1, 0.15) is 6.61 Å². The third kappa shape index (κ3) is 3.15. The molecule has 1 aliphatic carbocycles. The highest BCUT2D eigenvalue weighted by Crippen LogP contribution is 2.48. The number of hydrogen-bond acceptors (Lipinski definition) is 4. The summed E-state index contributed by atoms with van der Waals surface area (Å²) in [6, 6.07) is 0. The SMILES string of the molecule is CC(C)[C@H]1CC[C@@](O)(CCCl)[C@H]2C(=O)OCC(C(=O)O)=C[C@H]12. The Bertz CT molecular complexity index is 487. The van der Waals surface area contributed by atoms with Crippen LogP contribution in [0.1, 0.15) is 33.1 Å². The van der Waals surface area contributed by atoms with Crippen LogP contribution < -0.4 is 0 Å². The number of carboxylic acids is 1. The van der Waals surface area contributed by atoms with Crippen LogP contribution in [0.2, 0.25) is 0 Å². The minimum absolute atomic E-state index is 0.0848. The van der Waals surface area contributed by atoms with Crippen molar-refractivity contribution in [2.75, 3.05) is 12.5 Å². The molecule has 1 saturated carbocycles. The molecule has 0 aromatic heterocycles. The molecule has 6 heteroatoms. The summed E-state index contributed by atoms with van der Waals surface area (Å²) >= 11 is 5.80. The Kier molecular flexibility index (Phi) is 5.17. The summed E-state index contributed by atoms with van der Waals surface area (Å²) in [5.74, 6) is -2.01. The molecule has 2 aliphatic rings. The number of carboxylic acid groups (broad SMARTS) is 1. The van der Waals surface area contributed by atoms with Crippen molar-refractivity contribution < 1.29 is 24.5 Å². The monoisotopic (exact) mass is 330 g/mol. The van der Waals surface area contributed by atoms with E-state index in [-0.39, 0.29) is 35.8 Å². The Morgan fingerprint density at radius 3 is 2.77 bits per heavy atom. The Morgan fingerprint density at radius 1 is 1.55 bits per heavy atom. The van der Waals surface area contributed by atoms with Crippen LogP contribution in [0.3, 0.4) is 0 Å². The van der Waals surface area contributed by atoms with Gasteiger partial charge in [-0.1, -0.05) is 19.9 Å². The molecule has 0 bridgehead atoms. The highest BCUT2D eigenvalue weighted by Gasteiger charge is 2.53. The number of aliphatic hydroxyl groups is 1. The van der Waals surface area contributed by atoms with Gasteiger partial charge >= 0.3 is 11.9 Å². The van der Waals surface area contributed by atoms with E-state index in [4.69, 9.17) is 16.3 Å². The Morgan fingerprint density at radius 2 is 2.23 bits per heavy atom. The smallest absolute Gasteiger partial charge is 0.334 e. The van der Waals surface area contributed by atoms with Crippen molar-refractivity contribution in [1.82, 2.24) is 0 Å². The van der Waals surface area contributed by atoms with Gasteiger partial charge in [0.2, 0.25) is 0 Å². The number of hydrogen-bond donors (Lipinski definition) is 2. The van der Waals surface area contributed by atoms with Crippen molar-refractivity contribution in [3.8, 4) is 0 Å². The zero-order valence-corrected chi connectivity index (χ0v) is 13.7. The highest BCUT2D eigenvalue weighted by molar-refractivity contribution is 6.17. The summed E-state index contributed by atoms with van der Waals surface area (Å²) in [5.41, 5.74) is -1.14. The molecule has 0 saturated heterocycles. The van der Waals surface area contributed by atoms with E-state index in [1.165, 1.54) is 0 Å². The lowest BCUT2D eigenvalue weighted by Gasteiger charge is -2.46. The number of esters is 1. The zero-order chi connectivity index (χ0) is 16.5. The van der Waals surface area contributed by atoms with Crippen molar-refractivity contribution >= 4 is 23.5 Å². The van der Waals surface area contributed by atoms with Gasteiger partial charge in [-0.25, -0.2) is 4.79 Å². The van der Waals surface area contributed by atoms with E-state index in [1.807, 2.05) is 0 Å². The van der Waals surface area contributed by atoms with Crippen molar-refractivity contribution in [3.05, 3.63) is 11.6 Å². The van der Waals surface area contributed by atoms with Gasteiger partial charge in [-0.3, -0.25) is 4.79 Å². The number of allylic oxidation sites excluding steroid dienone is 1. The average Bonchev–Trinajstić information content (AvgIpc) is 2.59. The van der Waals surface area contributed by atoms with Crippen LogP contribution in [0.25, 0.3) is 0 Å².